The quantitative estimate of drug-likeness (QED) is 0.753. The lowest BCUT2D eigenvalue weighted by Crippen LogP contribution is -2.45. The molecule has 1 aromatic rings. The van der Waals surface area contributed by atoms with E-state index in [4.69, 9.17) is 5.11 Å². The fourth-order valence-electron chi connectivity index (χ4n) is 1.38. The molecule has 0 spiro atoms. The van der Waals surface area contributed by atoms with Gasteiger partial charge in [0.1, 0.15) is 5.82 Å². The smallest absolute Gasteiger partial charge is 0.328 e. The van der Waals surface area contributed by atoms with Crippen molar-refractivity contribution in [3.63, 3.8) is 0 Å². The van der Waals surface area contributed by atoms with Gasteiger partial charge in [-0.2, -0.15) is 0 Å². The number of aliphatic carboxylic acids is 1. The standard InChI is InChI=1S/C12H15FN2O4/c1-7-3-4-9(8(13)5-7)14-12(18)15-10(6-19-2)11(16)17/h3-5,10H,6H2,1-2H3,(H,16,17)(H2,14,15,18). The first-order chi connectivity index (χ1) is 8.93. The largest absolute Gasteiger partial charge is 0.480 e. The van der Waals surface area contributed by atoms with Gasteiger partial charge >= 0.3 is 12.0 Å². The van der Waals surface area contributed by atoms with Gasteiger partial charge in [0.25, 0.3) is 0 Å². The molecule has 0 bridgehead atoms. The Morgan fingerprint density at radius 2 is 2.16 bits per heavy atom. The maximum Gasteiger partial charge on any atom is 0.328 e. The van der Waals surface area contributed by atoms with Crippen LogP contribution >= 0.6 is 0 Å². The number of anilines is 1. The Labute approximate surface area is 109 Å². The van der Waals surface area contributed by atoms with Crippen LogP contribution in [-0.2, 0) is 9.53 Å². The predicted molar refractivity (Wildman–Crippen MR) is 66.6 cm³/mol. The number of nitrogens with one attached hydrogen (secondary N) is 2. The molecule has 1 unspecified atom stereocenters. The molecule has 0 aliphatic rings. The number of amides is 2. The van der Waals surface area contributed by atoms with E-state index in [9.17, 15) is 14.0 Å². The number of carboxylic acids is 1. The summed E-state index contributed by atoms with van der Waals surface area (Å²) in [7, 11) is 1.31. The Hall–Kier alpha value is -2.15. The number of ether oxygens (including phenoxy) is 1. The first kappa shape index (κ1) is 14.9. The number of carbonyl (C=O) groups excluding carboxylic acids is 1. The molecule has 2 amide bonds. The third-order valence-electron chi connectivity index (χ3n) is 2.31. The van der Waals surface area contributed by atoms with E-state index in [-0.39, 0.29) is 12.3 Å². The maximum atomic E-state index is 13.5. The SMILES string of the molecule is COCC(NC(=O)Nc1ccc(C)cc1F)C(=O)O. The molecule has 0 saturated carbocycles. The minimum atomic E-state index is -1.23. The van der Waals surface area contributed by atoms with E-state index in [1.807, 2.05) is 0 Å². The van der Waals surface area contributed by atoms with Crippen LogP contribution in [0.2, 0.25) is 0 Å². The van der Waals surface area contributed by atoms with Gasteiger partial charge in [-0.1, -0.05) is 6.07 Å². The van der Waals surface area contributed by atoms with Gasteiger partial charge in [0.2, 0.25) is 0 Å². The lowest BCUT2D eigenvalue weighted by atomic mass is 10.2. The molecule has 0 radical (unpaired) electrons. The zero-order valence-corrected chi connectivity index (χ0v) is 10.6. The van der Waals surface area contributed by atoms with Gasteiger partial charge in [-0.05, 0) is 24.6 Å². The predicted octanol–water partition coefficient (Wildman–Crippen LogP) is 1.36. The van der Waals surface area contributed by atoms with Crippen LogP contribution in [0.25, 0.3) is 0 Å². The van der Waals surface area contributed by atoms with Crippen LogP contribution in [0.4, 0.5) is 14.9 Å². The highest BCUT2D eigenvalue weighted by molar-refractivity contribution is 5.92. The Kier molecular flexibility index (Phi) is 5.25. The van der Waals surface area contributed by atoms with E-state index < -0.39 is 23.9 Å². The van der Waals surface area contributed by atoms with Crippen molar-refractivity contribution in [3.8, 4) is 0 Å². The fourth-order valence-corrected chi connectivity index (χ4v) is 1.38. The van der Waals surface area contributed by atoms with Gasteiger partial charge in [0, 0.05) is 7.11 Å². The molecule has 0 aliphatic heterocycles. The lowest BCUT2D eigenvalue weighted by Gasteiger charge is -2.14. The van der Waals surface area contributed by atoms with Crippen molar-refractivity contribution in [3.05, 3.63) is 29.6 Å². The van der Waals surface area contributed by atoms with Crippen LogP contribution in [0.3, 0.4) is 0 Å². The average Bonchev–Trinajstić information content (AvgIpc) is 2.32. The highest BCUT2D eigenvalue weighted by Gasteiger charge is 2.20. The molecular formula is C12H15FN2O4. The molecule has 0 heterocycles. The van der Waals surface area contributed by atoms with Crippen LogP contribution in [0.15, 0.2) is 18.2 Å². The van der Waals surface area contributed by atoms with Crippen LogP contribution in [0.1, 0.15) is 5.56 Å². The molecule has 1 atom stereocenters. The first-order valence-electron chi connectivity index (χ1n) is 5.49. The van der Waals surface area contributed by atoms with Crippen LogP contribution < -0.4 is 10.6 Å². The topological polar surface area (TPSA) is 87.7 Å². The minimum Gasteiger partial charge on any atom is -0.480 e. The summed E-state index contributed by atoms with van der Waals surface area (Å²) in [6.45, 7) is 1.53. The van der Waals surface area contributed by atoms with Crippen molar-refractivity contribution in [2.45, 2.75) is 13.0 Å². The van der Waals surface area contributed by atoms with E-state index in [2.05, 4.69) is 15.4 Å². The molecule has 3 N–H and O–H groups in total. The summed E-state index contributed by atoms with van der Waals surface area (Å²) in [6.07, 6.45) is 0. The van der Waals surface area contributed by atoms with Crippen molar-refractivity contribution in [2.75, 3.05) is 19.0 Å². The number of carboxylic acid groups (broad SMARTS) is 1. The molecule has 7 heteroatoms. The number of hydrogen-bond acceptors (Lipinski definition) is 3. The van der Waals surface area contributed by atoms with E-state index in [1.54, 1.807) is 13.0 Å². The summed E-state index contributed by atoms with van der Waals surface area (Å²) in [5, 5.41) is 13.2. The lowest BCUT2D eigenvalue weighted by molar-refractivity contribution is -0.140. The Balaban J connectivity index is 2.66. The van der Waals surface area contributed by atoms with E-state index in [0.717, 1.165) is 0 Å². The number of halogens is 1. The molecule has 0 aliphatic carbocycles. The molecule has 0 aromatic heterocycles. The highest BCUT2D eigenvalue weighted by Crippen LogP contribution is 2.14. The van der Waals surface area contributed by atoms with Gasteiger partial charge in [0.05, 0.1) is 12.3 Å². The average molecular weight is 270 g/mol. The third kappa shape index (κ3) is 4.55. The van der Waals surface area contributed by atoms with Crippen LogP contribution in [0, 0.1) is 12.7 Å². The van der Waals surface area contributed by atoms with Crippen molar-refractivity contribution in [1.29, 1.82) is 0 Å². The summed E-state index contributed by atoms with van der Waals surface area (Å²) in [6, 6.07) is 2.28. The molecule has 6 nitrogen and oxygen atoms in total. The monoisotopic (exact) mass is 270 g/mol. The van der Waals surface area contributed by atoms with Gasteiger partial charge < -0.3 is 20.5 Å². The number of rotatable bonds is 5. The first-order valence-corrected chi connectivity index (χ1v) is 5.49. The van der Waals surface area contributed by atoms with Gasteiger partial charge in [0.15, 0.2) is 6.04 Å². The summed E-state index contributed by atoms with van der Waals surface area (Å²) in [4.78, 5) is 22.3. The highest BCUT2D eigenvalue weighted by atomic mass is 19.1. The van der Waals surface area contributed by atoms with Gasteiger partial charge in [-0.15, -0.1) is 0 Å². The van der Waals surface area contributed by atoms with Crippen molar-refractivity contribution >= 4 is 17.7 Å². The summed E-state index contributed by atoms with van der Waals surface area (Å²) in [5.74, 6) is -1.82. The second kappa shape index (κ2) is 6.69. The molecule has 0 saturated heterocycles. The fraction of sp³-hybridized carbons (Fsp3) is 0.333. The van der Waals surface area contributed by atoms with E-state index in [0.29, 0.717) is 5.56 Å². The van der Waals surface area contributed by atoms with Gasteiger partial charge in [-0.3, -0.25) is 0 Å². The normalized spacial score (nSPS) is 11.7. The Morgan fingerprint density at radius 1 is 1.47 bits per heavy atom. The molecule has 19 heavy (non-hydrogen) atoms. The number of benzene rings is 1. The third-order valence-corrected chi connectivity index (χ3v) is 2.31. The molecular weight excluding hydrogens is 255 g/mol. The van der Waals surface area contributed by atoms with Crippen LogP contribution in [0.5, 0.6) is 0 Å². The Bertz CT molecular complexity index is 479. The zero-order chi connectivity index (χ0) is 14.4. The molecule has 1 aromatic carbocycles. The number of urea groups is 1. The second-order valence-electron chi connectivity index (χ2n) is 3.93. The van der Waals surface area contributed by atoms with Crippen molar-refractivity contribution < 1.29 is 23.8 Å². The van der Waals surface area contributed by atoms with Crippen molar-refractivity contribution in [2.24, 2.45) is 0 Å². The molecule has 104 valence electrons. The zero-order valence-electron chi connectivity index (χ0n) is 10.6. The molecule has 0 fully saturated rings. The number of aryl methyl sites for hydroxylation is 1. The van der Waals surface area contributed by atoms with E-state index in [1.165, 1.54) is 19.2 Å². The van der Waals surface area contributed by atoms with E-state index >= 15 is 0 Å². The number of methoxy groups -OCH3 is 1. The Morgan fingerprint density at radius 3 is 2.68 bits per heavy atom. The number of hydrogen-bond donors (Lipinski definition) is 3. The van der Waals surface area contributed by atoms with Crippen LogP contribution in [-0.4, -0.2) is 36.9 Å². The summed E-state index contributed by atoms with van der Waals surface area (Å²) >= 11 is 0. The summed E-state index contributed by atoms with van der Waals surface area (Å²) < 4.78 is 18.1. The second-order valence-corrected chi connectivity index (χ2v) is 3.93. The summed E-state index contributed by atoms with van der Waals surface area (Å²) in [5.41, 5.74) is 0.691. The van der Waals surface area contributed by atoms with Crippen molar-refractivity contribution in [1.82, 2.24) is 5.32 Å². The number of carbonyl (C=O) groups is 2. The van der Waals surface area contributed by atoms with Gasteiger partial charge in [-0.25, -0.2) is 14.0 Å². The maximum absolute atomic E-state index is 13.5. The molecule has 1 rings (SSSR count). The minimum absolute atomic E-state index is 0.0235.